The number of nitro groups is 1. The molecule has 0 saturated heterocycles. The van der Waals surface area contributed by atoms with Crippen molar-refractivity contribution in [1.29, 1.82) is 0 Å². The lowest BCUT2D eigenvalue weighted by Gasteiger charge is -2.24. The van der Waals surface area contributed by atoms with E-state index in [0.29, 0.717) is 11.3 Å². The fraction of sp³-hybridized carbons (Fsp3) is 0.174. The molecule has 0 spiro atoms. The summed E-state index contributed by atoms with van der Waals surface area (Å²) in [6, 6.07) is 10.7. The van der Waals surface area contributed by atoms with Gasteiger partial charge < -0.3 is 4.74 Å². The van der Waals surface area contributed by atoms with E-state index in [1.807, 2.05) is 0 Å². The number of carbonyl (C=O) groups is 1. The minimum absolute atomic E-state index is 0.0799. The number of ether oxygens (including phenoxy) is 1. The van der Waals surface area contributed by atoms with Crippen LogP contribution in [0.4, 0.5) is 10.1 Å². The highest BCUT2D eigenvalue weighted by Gasteiger charge is 2.34. The molecule has 0 unspecified atom stereocenters. The summed E-state index contributed by atoms with van der Waals surface area (Å²) in [7, 11) is 0. The number of nitrogens with zero attached hydrogens (tertiary/aromatic N) is 3. The normalized spacial score (nSPS) is 15.7. The number of non-ortho nitro benzene ring substituents is 1. The molecular formula is C23H18FN3O5S. The van der Waals surface area contributed by atoms with Crippen molar-refractivity contribution in [3.05, 3.63) is 107 Å². The zero-order valence-electron chi connectivity index (χ0n) is 17.6. The van der Waals surface area contributed by atoms with Crippen molar-refractivity contribution in [2.75, 3.05) is 6.61 Å². The van der Waals surface area contributed by atoms with Crippen molar-refractivity contribution in [3.8, 4) is 0 Å². The molecule has 0 saturated carbocycles. The van der Waals surface area contributed by atoms with Crippen LogP contribution < -0.4 is 14.9 Å². The van der Waals surface area contributed by atoms with Gasteiger partial charge in [-0.2, -0.15) is 0 Å². The average Bonchev–Trinajstić information content (AvgIpc) is 3.08. The Kier molecular flexibility index (Phi) is 6.01. The number of hydrogen-bond donors (Lipinski definition) is 0. The van der Waals surface area contributed by atoms with Crippen molar-refractivity contribution in [2.24, 2.45) is 4.99 Å². The summed E-state index contributed by atoms with van der Waals surface area (Å²) in [6.45, 7) is 3.37. The van der Waals surface area contributed by atoms with Gasteiger partial charge in [-0.1, -0.05) is 41.7 Å². The van der Waals surface area contributed by atoms with Crippen LogP contribution in [-0.2, 0) is 9.53 Å². The van der Waals surface area contributed by atoms with Gasteiger partial charge in [-0.15, -0.1) is 0 Å². The molecule has 0 amide bonds. The van der Waals surface area contributed by atoms with Gasteiger partial charge in [0.1, 0.15) is 11.9 Å². The molecule has 0 N–H and O–H groups in total. The standard InChI is InChI=1S/C23H18FN3O5S/c1-3-32-22(29)19-13(2)25-23-26(20(19)16-9-4-5-10-17(16)24)21(28)18(33-23)12-14-7-6-8-15(11-14)27(30)31/h4-12,20H,3H2,1-2H3/b18-12-/t20-/m1/s1. The third kappa shape index (κ3) is 4.12. The quantitative estimate of drug-likeness (QED) is 0.326. The second kappa shape index (κ2) is 8.91. The Labute approximate surface area is 190 Å². The number of carbonyl (C=O) groups excluding carboxylic acids is 1. The molecule has 2 heterocycles. The van der Waals surface area contributed by atoms with Crippen molar-refractivity contribution in [1.82, 2.24) is 4.57 Å². The Balaban J connectivity index is 1.96. The number of nitro benzene ring substituents is 1. The van der Waals surface area contributed by atoms with Crippen molar-refractivity contribution < 1.29 is 18.8 Å². The lowest BCUT2D eigenvalue weighted by molar-refractivity contribution is -0.384. The topological polar surface area (TPSA) is 104 Å². The van der Waals surface area contributed by atoms with Crippen LogP contribution in [-0.4, -0.2) is 22.1 Å². The van der Waals surface area contributed by atoms with Gasteiger partial charge in [0.15, 0.2) is 4.80 Å². The Hall–Kier alpha value is -3.92. The lowest BCUT2D eigenvalue weighted by atomic mass is 9.95. The summed E-state index contributed by atoms with van der Waals surface area (Å²) in [4.78, 5) is 41.5. The van der Waals surface area contributed by atoms with Crippen LogP contribution in [0.5, 0.6) is 0 Å². The molecule has 2 aromatic carbocycles. The van der Waals surface area contributed by atoms with Gasteiger partial charge in [0.05, 0.1) is 27.3 Å². The van der Waals surface area contributed by atoms with Gasteiger partial charge >= 0.3 is 5.97 Å². The monoisotopic (exact) mass is 467 g/mol. The first-order chi connectivity index (χ1) is 15.8. The molecule has 1 atom stereocenters. The highest BCUT2D eigenvalue weighted by Crippen LogP contribution is 2.32. The van der Waals surface area contributed by atoms with Crippen LogP contribution in [0.2, 0.25) is 0 Å². The Bertz CT molecular complexity index is 1490. The molecule has 0 radical (unpaired) electrons. The zero-order valence-corrected chi connectivity index (χ0v) is 18.5. The second-order valence-electron chi connectivity index (χ2n) is 7.18. The van der Waals surface area contributed by atoms with E-state index in [-0.39, 0.29) is 32.8 Å². The van der Waals surface area contributed by atoms with Crippen LogP contribution in [0, 0.1) is 15.9 Å². The summed E-state index contributed by atoms with van der Waals surface area (Å²) >= 11 is 1.06. The number of esters is 1. The molecule has 10 heteroatoms. The second-order valence-corrected chi connectivity index (χ2v) is 8.18. The molecule has 4 rings (SSSR count). The van der Waals surface area contributed by atoms with Crippen molar-refractivity contribution in [3.63, 3.8) is 0 Å². The number of halogens is 1. The van der Waals surface area contributed by atoms with E-state index >= 15 is 0 Å². The van der Waals surface area contributed by atoms with E-state index in [1.165, 1.54) is 47.0 Å². The largest absolute Gasteiger partial charge is 0.463 e. The van der Waals surface area contributed by atoms with E-state index in [9.17, 15) is 24.1 Å². The van der Waals surface area contributed by atoms with Crippen LogP contribution in [0.15, 0.2) is 69.6 Å². The van der Waals surface area contributed by atoms with E-state index in [0.717, 1.165) is 11.3 Å². The van der Waals surface area contributed by atoms with Crippen molar-refractivity contribution in [2.45, 2.75) is 19.9 Å². The average molecular weight is 467 g/mol. The highest BCUT2D eigenvalue weighted by atomic mass is 32.1. The predicted octanol–water partition coefficient (Wildman–Crippen LogP) is 2.85. The van der Waals surface area contributed by atoms with Crippen LogP contribution in [0.3, 0.4) is 0 Å². The van der Waals surface area contributed by atoms with E-state index in [2.05, 4.69) is 4.99 Å². The van der Waals surface area contributed by atoms with Gasteiger partial charge in [0, 0.05) is 17.7 Å². The van der Waals surface area contributed by atoms with Gasteiger partial charge in [-0.25, -0.2) is 14.2 Å². The van der Waals surface area contributed by atoms with Gasteiger partial charge in [0.25, 0.3) is 11.2 Å². The SMILES string of the molecule is CCOC(=O)C1=C(C)N=c2s/c(=C\c3cccc([N+](=O)[O-])c3)c(=O)n2[C@@H]1c1ccccc1F. The third-order valence-electron chi connectivity index (χ3n) is 5.10. The minimum atomic E-state index is -1.06. The minimum Gasteiger partial charge on any atom is -0.463 e. The molecule has 1 aliphatic rings. The van der Waals surface area contributed by atoms with Gasteiger partial charge in [0.2, 0.25) is 0 Å². The number of aromatic nitrogens is 1. The molecule has 33 heavy (non-hydrogen) atoms. The summed E-state index contributed by atoms with van der Waals surface area (Å²) < 4.78 is 21.5. The van der Waals surface area contributed by atoms with Gasteiger partial charge in [-0.3, -0.25) is 19.5 Å². The Morgan fingerprint density at radius 3 is 2.76 bits per heavy atom. The Morgan fingerprint density at radius 2 is 2.06 bits per heavy atom. The first-order valence-electron chi connectivity index (χ1n) is 10.0. The summed E-state index contributed by atoms with van der Waals surface area (Å²) in [6.07, 6.45) is 1.51. The number of rotatable bonds is 5. The van der Waals surface area contributed by atoms with E-state index in [4.69, 9.17) is 4.74 Å². The number of thiazole rings is 1. The zero-order chi connectivity index (χ0) is 23.7. The fourth-order valence-corrected chi connectivity index (χ4v) is 4.71. The molecule has 1 aromatic heterocycles. The number of fused-ring (bicyclic) bond motifs is 1. The van der Waals surface area contributed by atoms with Crippen molar-refractivity contribution >= 4 is 29.1 Å². The summed E-state index contributed by atoms with van der Waals surface area (Å²) in [5, 5.41) is 11.1. The molecule has 168 valence electrons. The predicted molar refractivity (Wildman–Crippen MR) is 120 cm³/mol. The maximum absolute atomic E-state index is 14.8. The van der Waals surface area contributed by atoms with E-state index in [1.54, 1.807) is 26.0 Å². The first-order valence-corrected chi connectivity index (χ1v) is 10.8. The maximum Gasteiger partial charge on any atom is 0.338 e. The summed E-state index contributed by atoms with van der Waals surface area (Å²) in [5.41, 5.74) is 0.395. The summed E-state index contributed by atoms with van der Waals surface area (Å²) in [5.74, 6) is -1.26. The lowest BCUT2D eigenvalue weighted by Crippen LogP contribution is -2.40. The molecular weight excluding hydrogens is 449 g/mol. The molecule has 0 fully saturated rings. The maximum atomic E-state index is 14.8. The molecule has 0 bridgehead atoms. The number of allylic oxidation sites excluding steroid dienone is 1. The first kappa shape index (κ1) is 22.3. The van der Waals surface area contributed by atoms with E-state index < -0.39 is 28.3 Å². The molecule has 0 aliphatic carbocycles. The van der Waals surface area contributed by atoms with Gasteiger partial charge in [-0.05, 0) is 31.6 Å². The number of hydrogen-bond acceptors (Lipinski definition) is 7. The number of benzene rings is 2. The highest BCUT2D eigenvalue weighted by molar-refractivity contribution is 7.07. The molecule has 8 nitrogen and oxygen atoms in total. The van der Waals surface area contributed by atoms with Crippen LogP contribution in [0.25, 0.3) is 6.08 Å². The molecule has 1 aliphatic heterocycles. The Morgan fingerprint density at radius 1 is 1.30 bits per heavy atom. The van der Waals surface area contributed by atoms with Crippen LogP contribution in [0.1, 0.15) is 31.0 Å². The fourth-order valence-electron chi connectivity index (χ4n) is 3.66. The smallest absolute Gasteiger partial charge is 0.338 e. The van der Waals surface area contributed by atoms with Crippen LogP contribution >= 0.6 is 11.3 Å². The molecule has 3 aromatic rings. The third-order valence-corrected chi connectivity index (χ3v) is 6.08.